The van der Waals surface area contributed by atoms with E-state index in [1.54, 1.807) is 12.1 Å². The molecule has 0 aliphatic heterocycles. The Labute approximate surface area is 110 Å². The van der Waals surface area contributed by atoms with Crippen LogP contribution in [0.3, 0.4) is 0 Å². The van der Waals surface area contributed by atoms with Gasteiger partial charge in [-0.15, -0.1) is 0 Å². The van der Waals surface area contributed by atoms with E-state index >= 15 is 0 Å². The Bertz CT molecular complexity index is 415. The molecule has 0 fully saturated rings. The zero-order valence-corrected chi connectivity index (χ0v) is 10.6. The molecule has 106 valence electrons. The quantitative estimate of drug-likeness (QED) is 0.618. The smallest absolute Gasteiger partial charge is 0.401 e. The maximum absolute atomic E-state index is 12.5. The van der Waals surface area contributed by atoms with Crippen LogP contribution in [0.4, 0.5) is 13.2 Å². The molecule has 0 bridgehead atoms. The Morgan fingerprint density at radius 3 is 2.32 bits per heavy atom. The highest BCUT2D eigenvalue weighted by atomic mass is 19.4. The van der Waals surface area contributed by atoms with Crippen LogP contribution in [0.2, 0.25) is 0 Å². The van der Waals surface area contributed by atoms with E-state index in [0.717, 1.165) is 18.4 Å². The summed E-state index contributed by atoms with van der Waals surface area (Å²) in [5.41, 5.74) is 6.04. The molecule has 0 radical (unpaired) electrons. The van der Waals surface area contributed by atoms with E-state index in [1.807, 2.05) is 19.1 Å². The molecular formula is C13H17F3N2O. The average molecular weight is 274 g/mol. The first-order valence-electron chi connectivity index (χ1n) is 5.97. The van der Waals surface area contributed by atoms with Crippen LogP contribution in [-0.4, -0.2) is 18.6 Å². The first-order valence-corrected chi connectivity index (χ1v) is 5.97. The molecule has 6 heteroatoms. The maximum atomic E-state index is 12.5. The Hall–Kier alpha value is -1.72. The maximum Gasteiger partial charge on any atom is 0.401 e. The van der Waals surface area contributed by atoms with Crippen LogP contribution < -0.4 is 10.5 Å². The largest absolute Gasteiger partial charge is 0.492 e. The highest BCUT2D eigenvalue weighted by Crippen LogP contribution is 2.27. The lowest BCUT2D eigenvalue weighted by Gasteiger charge is -2.19. The molecule has 3 N–H and O–H groups in total. The van der Waals surface area contributed by atoms with Crippen LogP contribution in [0.5, 0.6) is 5.75 Å². The van der Waals surface area contributed by atoms with E-state index in [0.29, 0.717) is 5.75 Å². The second-order valence-electron chi connectivity index (χ2n) is 4.25. The monoisotopic (exact) mass is 274 g/mol. The molecule has 3 nitrogen and oxygen atoms in total. The van der Waals surface area contributed by atoms with E-state index in [9.17, 15) is 13.2 Å². The van der Waals surface area contributed by atoms with Crippen molar-refractivity contribution in [1.29, 1.82) is 5.41 Å². The van der Waals surface area contributed by atoms with Crippen molar-refractivity contribution in [3.8, 4) is 5.75 Å². The van der Waals surface area contributed by atoms with Gasteiger partial charge in [-0.2, -0.15) is 13.2 Å². The number of nitrogens with one attached hydrogen (secondary N) is 1. The number of nitrogens with two attached hydrogens (primary N) is 1. The predicted octanol–water partition coefficient (Wildman–Crippen LogP) is 3.13. The van der Waals surface area contributed by atoms with E-state index in [1.165, 1.54) is 0 Å². The van der Waals surface area contributed by atoms with Crippen LogP contribution in [0.25, 0.3) is 0 Å². The lowest BCUT2D eigenvalue weighted by Crippen LogP contribution is -2.39. The predicted molar refractivity (Wildman–Crippen MR) is 67.4 cm³/mol. The summed E-state index contributed by atoms with van der Waals surface area (Å²) < 4.78 is 42.7. The zero-order chi connectivity index (χ0) is 14.5. The van der Waals surface area contributed by atoms with Crippen molar-refractivity contribution in [2.75, 3.05) is 6.61 Å². The van der Waals surface area contributed by atoms with Crippen LogP contribution in [0, 0.1) is 11.3 Å². The minimum Gasteiger partial charge on any atom is -0.492 e. The molecular weight excluding hydrogens is 257 g/mol. The molecule has 0 aromatic heterocycles. The Balaban J connectivity index is 2.62. The molecule has 0 saturated heterocycles. The molecule has 0 spiro atoms. The third-order valence-corrected chi connectivity index (χ3v) is 2.65. The van der Waals surface area contributed by atoms with Crippen molar-refractivity contribution in [2.24, 2.45) is 11.7 Å². The minimum absolute atomic E-state index is 0.343. The lowest BCUT2D eigenvalue weighted by molar-refractivity contribution is -0.162. The van der Waals surface area contributed by atoms with Gasteiger partial charge in [0.05, 0.1) is 0 Å². The SMILES string of the molecule is CCCc1ccc(OCC(C(=N)N)C(F)(F)F)cc1. The number of alkyl halides is 3. The molecule has 0 aliphatic carbocycles. The van der Waals surface area contributed by atoms with Crippen molar-refractivity contribution in [2.45, 2.75) is 25.9 Å². The normalized spacial score (nSPS) is 13.1. The molecule has 1 rings (SSSR count). The number of amidine groups is 1. The van der Waals surface area contributed by atoms with Gasteiger partial charge in [0.2, 0.25) is 0 Å². The lowest BCUT2D eigenvalue weighted by atomic mass is 10.1. The highest BCUT2D eigenvalue weighted by Gasteiger charge is 2.42. The summed E-state index contributed by atoms with van der Waals surface area (Å²) in [5, 5.41) is 6.94. The van der Waals surface area contributed by atoms with E-state index in [2.05, 4.69) is 0 Å². The van der Waals surface area contributed by atoms with E-state index in [4.69, 9.17) is 15.9 Å². The van der Waals surface area contributed by atoms with Gasteiger partial charge in [-0.05, 0) is 24.1 Å². The fourth-order valence-electron chi connectivity index (χ4n) is 1.58. The van der Waals surface area contributed by atoms with Crippen molar-refractivity contribution in [3.05, 3.63) is 29.8 Å². The van der Waals surface area contributed by atoms with Crippen LogP contribution in [0.1, 0.15) is 18.9 Å². The molecule has 1 unspecified atom stereocenters. The fourth-order valence-corrected chi connectivity index (χ4v) is 1.58. The Kier molecular flexibility index (Phi) is 5.20. The molecule has 0 heterocycles. The molecule has 1 aromatic carbocycles. The van der Waals surface area contributed by atoms with Crippen molar-refractivity contribution in [1.82, 2.24) is 0 Å². The van der Waals surface area contributed by atoms with Crippen LogP contribution in [0.15, 0.2) is 24.3 Å². The van der Waals surface area contributed by atoms with Crippen molar-refractivity contribution < 1.29 is 17.9 Å². The van der Waals surface area contributed by atoms with Gasteiger partial charge in [0.15, 0.2) is 0 Å². The number of hydrogen-bond donors (Lipinski definition) is 2. The molecule has 0 amide bonds. The summed E-state index contributed by atoms with van der Waals surface area (Å²) in [5.74, 6) is -2.66. The summed E-state index contributed by atoms with van der Waals surface area (Å²) in [6.07, 6.45) is -2.65. The van der Waals surface area contributed by atoms with Crippen LogP contribution >= 0.6 is 0 Å². The summed E-state index contributed by atoms with van der Waals surface area (Å²) in [7, 11) is 0. The van der Waals surface area contributed by atoms with Gasteiger partial charge in [-0.1, -0.05) is 25.5 Å². The molecule has 19 heavy (non-hydrogen) atoms. The summed E-state index contributed by atoms with van der Waals surface area (Å²) >= 11 is 0. The first kappa shape index (κ1) is 15.3. The fraction of sp³-hybridized carbons (Fsp3) is 0.462. The highest BCUT2D eigenvalue weighted by molar-refractivity contribution is 5.80. The Morgan fingerprint density at radius 1 is 1.32 bits per heavy atom. The van der Waals surface area contributed by atoms with Crippen molar-refractivity contribution in [3.63, 3.8) is 0 Å². The van der Waals surface area contributed by atoms with Gasteiger partial charge < -0.3 is 10.5 Å². The van der Waals surface area contributed by atoms with Gasteiger partial charge in [0, 0.05) is 0 Å². The second-order valence-corrected chi connectivity index (χ2v) is 4.25. The molecule has 0 aliphatic rings. The first-order chi connectivity index (χ1) is 8.84. The third kappa shape index (κ3) is 4.81. The minimum atomic E-state index is -4.56. The molecule has 1 atom stereocenters. The van der Waals surface area contributed by atoms with E-state index in [-0.39, 0.29) is 0 Å². The molecule has 0 saturated carbocycles. The van der Waals surface area contributed by atoms with E-state index < -0.39 is 24.5 Å². The average Bonchev–Trinajstić information content (AvgIpc) is 2.29. The number of hydrogen-bond acceptors (Lipinski definition) is 2. The standard InChI is InChI=1S/C13H17F3N2O/c1-2-3-9-4-6-10(7-5-9)19-8-11(12(17)18)13(14,15)16/h4-7,11H,2-3,8H2,1H3,(H3,17,18). The van der Waals surface area contributed by atoms with Gasteiger partial charge in [0.25, 0.3) is 0 Å². The number of ether oxygens (including phenoxy) is 1. The number of aryl methyl sites for hydroxylation is 1. The summed E-state index contributed by atoms with van der Waals surface area (Å²) in [4.78, 5) is 0. The number of rotatable bonds is 6. The van der Waals surface area contributed by atoms with Gasteiger partial charge in [-0.25, -0.2) is 0 Å². The van der Waals surface area contributed by atoms with Crippen molar-refractivity contribution >= 4 is 5.84 Å². The number of benzene rings is 1. The van der Waals surface area contributed by atoms with Crippen LogP contribution in [-0.2, 0) is 6.42 Å². The summed E-state index contributed by atoms with van der Waals surface area (Å²) in [6, 6.07) is 6.88. The zero-order valence-electron chi connectivity index (χ0n) is 10.6. The topological polar surface area (TPSA) is 59.1 Å². The summed E-state index contributed by atoms with van der Waals surface area (Å²) in [6.45, 7) is 1.37. The number of halogens is 3. The van der Waals surface area contributed by atoms with Gasteiger partial charge >= 0.3 is 6.18 Å². The third-order valence-electron chi connectivity index (χ3n) is 2.65. The van der Waals surface area contributed by atoms with Gasteiger partial charge in [-0.3, -0.25) is 5.41 Å². The Morgan fingerprint density at radius 2 is 1.89 bits per heavy atom. The van der Waals surface area contributed by atoms with Gasteiger partial charge in [0.1, 0.15) is 24.1 Å². The molecule has 1 aromatic rings. The second kappa shape index (κ2) is 6.45.